The van der Waals surface area contributed by atoms with Crippen LogP contribution in [0, 0.1) is 0 Å². The molecule has 0 N–H and O–H groups in total. The first-order valence-electron chi connectivity index (χ1n) is 7.38. The van der Waals surface area contributed by atoms with Gasteiger partial charge in [0.15, 0.2) is 0 Å². The number of benzene rings is 3. The standard InChI is InChI=1S/C19H14N2O.Al/c22-18-13-7-6-12-17(18)21-19(14-8-2-1-3-9-14)15-10-4-5-11-16(15)20-21;/h1-13,22H;/q;+1/p-1. The summed E-state index contributed by atoms with van der Waals surface area (Å²) in [5.41, 5.74) is 4.07. The largest absolute Gasteiger partial charge is 0.652 e. The molecule has 0 aliphatic rings. The Morgan fingerprint density at radius 1 is 0.783 bits per heavy atom. The molecule has 0 saturated carbocycles. The average Bonchev–Trinajstić information content (AvgIpc) is 3.01. The number of hydrogen-bond acceptors (Lipinski definition) is 2. The molecule has 0 aliphatic heterocycles. The zero-order valence-electron chi connectivity index (χ0n) is 12.4. The van der Waals surface area contributed by atoms with E-state index in [9.17, 15) is 0 Å². The first kappa shape index (κ1) is 14.1. The summed E-state index contributed by atoms with van der Waals surface area (Å²) >= 11 is 2.31. The van der Waals surface area contributed by atoms with Gasteiger partial charge in [0.1, 0.15) is 11.4 Å². The Hall–Kier alpha value is -2.54. The molecular weight excluding hydrogens is 299 g/mol. The fraction of sp³-hybridized carbons (Fsp3) is 0. The van der Waals surface area contributed by atoms with E-state index in [1.165, 1.54) is 0 Å². The summed E-state index contributed by atoms with van der Waals surface area (Å²) in [6.07, 6.45) is 0. The van der Waals surface area contributed by atoms with Crippen LogP contribution in [0.3, 0.4) is 0 Å². The van der Waals surface area contributed by atoms with E-state index in [2.05, 4.69) is 34.8 Å². The molecule has 4 rings (SSSR count). The van der Waals surface area contributed by atoms with Crippen molar-refractivity contribution in [3.05, 3.63) is 78.9 Å². The fourth-order valence-electron chi connectivity index (χ4n) is 2.81. The van der Waals surface area contributed by atoms with Crippen LogP contribution in [-0.4, -0.2) is 26.4 Å². The highest BCUT2D eigenvalue weighted by Gasteiger charge is 2.16. The molecule has 0 unspecified atom stereocenters. The van der Waals surface area contributed by atoms with Gasteiger partial charge in [0.25, 0.3) is 0 Å². The minimum Gasteiger partial charge on any atom is -0.652 e. The lowest BCUT2D eigenvalue weighted by molar-refractivity contribution is 0.607. The van der Waals surface area contributed by atoms with Crippen LogP contribution in [0.4, 0.5) is 0 Å². The SMILES string of the molecule is [Al][O]c1ccccc1-n1nc2ccccc2c1-c1ccccc1. The monoisotopic (exact) mass is 312 g/mol. The van der Waals surface area contributed by atoms with Gasteiger partial charge in [-0.3, -0.25) is 0 Å². The Morgan fingerprint density at radius 3 is 2.30 bits per heavy atom. The predicted octanol–water partition coefficient (Wildman–Crippen LogP) is 4.15. The van der Waals surface area contributed by atoms with Crippen LogP contribution in [0.2, 0.25) is 0 Å². The van der Waals surface area contributed by atoms with Crippen molar-refractivity contribution < 1.29 is 3.79 Å². The van der Waals surface area contributed by atoms with Gasteiger partial charge in [-0.05, 0) is 18.2 Å². The zero-order chi connectivity index (χ0) is 15.6. The van der Waals surface area contributed by atoms with E-state index < -0.39 is 0 Å². The summed E-state index contributed by atoms with van der Waals surface area (Å²) in [6.45, 7) is 0. The van der Waals surface area contributed by atoms with Crippen LogP contribution in [0.25, 0.3) is 27.8 Å². The second-order valence-electron chi connectivity index (χ2n) is 5.23. The van der Waals surface area contributed by atoms with Crippen molar-refractivity contribution in [1.29, 1.82) is 0 Å². The average molecular weight is 312 g/mol. The molecule has 0 fully saturated rings. The van der Waals surface area contributed by atoms with Crippen molar-refractivity contribution in [2.45, 2.75) is 0 Å². The van der Waals surface area contributed by atoms with Crippen molar-refractivity contribution in [3.8, 4) is 22.7 Å². The molecule has 108 valence electrons. The third-order valence-electron chi connectivity index (χ3n) is 3.85. The molecule has 4 aromatic rings. The topological polar surface area (TPSA) is 27.1 Å². The number of fused-ring (bicyclic) bond motifs is 1. The van der Waals surface area contributed by atoms with Gasteiger partial charge >= 0.3 is 16.6 Å². The first-order chi connectivity index (χ1) is 11.4. The van der Waals surface area contributed by atoms with Gasteiger partial charge in [0.05, 0.1) is 11.2 Å². The Labute approximate surface area is 142 Å². The molecule has 0 aliphatic carbocycles. The third-order valence-corrected chi connectivity index (χ3v) is 4.10. The molecule has 4 heteroatoms. The highest BCUT2D eigenvalue weighted by atomic mass is 27.1. The van der Waals surface area contributed by atoms with E-state index in [1.54, 1.807) is 0 Å². The van der Waals surface area contributed by atoms with E-state index in [-0.39, 0.29) is 0 Å². The van der Waals surface area contributed by atoms with E-state index in [4.69, 9.17) is 8.89 Å². The maximum atomic E-state index is 5.44. The number of para-hydroxylation sites is 2. The quantitative estimate of drug-likeness (QED) is 0.531. The predicted molar refractivity (Wildman–Crippen MR) is 92.9 cm³/mol. The van der Waals surface area contributed by atoms with Crippen molar-refractivity contribution in [2.75, 3.05) is 0 Å². The fourth-order valence-corrected chi connectivity index (χ4v) is 3.01. The lowest BCUT2D eigenvalue weighted by Crippen LogP contribution is -2.02. The molecule has 23 heavy (non-hydrogen) atoms. The zero-order valence-corrected chi connectivity index (χ0v) is 13.5. The number of hydrogen-bond donors (Lipinski definition) is 0. The lowest BCUT2D eigenvalue weighted by atomic mass is 10.1. The second kappa shape index (κ2) is 5.92. The van der Waals surface area contributed by atoms with Crippen LogP contribution < -0.4 is 3.79 Å². The molecule has 1 heterocycles. The van der Waals surface area contributed by atoms with Gasteiger partial charge in [-0.2, -0.15) is 5.10 Å². The third kappa shape index (κ3) is 2.43. The molecule has 0 amide bonds. The molecule has 2 radical (unpaired) electrons. The van der Waals surface area contributed by atoms with Gasteiger partial charge in [-0.1, -0.05) is 60.7 Å². The molecule has 1 aromatic heterocycles. The van der Waals surface area contributed by atoms with E-state index in [0.717, 1.165) is 33.6 Å². The Balaban J connectivity index is 2.07. The van der Waals surface area contributed by atoms with Crippen molar-refractivity contribution >= 4 is 27.5 Å². The van der Waals surface area contributed by atoms with Gasteiger partial charge in [-0.15, -0.1) is 0 Å². The molecule has 0 bridgehead atoms. The van der Waals surface area contributed by atoms with Gasteiger partial charge in [-0.25, -0.2) is 4.68 Å². The van der Waals surface area contributed by atoms with Gasteiger partial charge in [0, 0.05) is 10.9 Å². The summed E-state index contributed by atoms with van der Waals surface area (Å²) < 4.78 is 7.40. The maximum absolute atomic E-state index is 5.44. The lowest BCUT2D eigenvalue weighted by Gasteiger charge is -2.13. The van der Waals surface area contributed by atoms with E-state index in [0.29, 0.717) is 0 Å². The molecular formula is C19H13AlN2O. The smallest absolute Gasteiger partial charge is 0.482 e. The molecule has 0 saturated heterocycles. The maximum Gasteiger partial charge on any atom is 0.482 e. The molecule has 0 spiro atoms. The minimum atomic E-state index is 0.766. The normalized spacial score (nSPS) is 10.8. The molecule has 0 atom stereocenters. The van der Waals surface area contributed by atoms with Crippen molar-refractivity contribution in [3.63, 3.8) is 0 Å². The highest BCUT2D eigenvalue weighted by molar-refractivity contribution is 6.00. The Morgan fingerprint density at radius 2 is 1.48 bits per heavy atom. The summed E-state index contributed by atoms with van der Waals surface area (Å²) in [5.74, 6) is 0.766. The summed E-state index contributed by atoms with van der Waals surface area (Å²) in [7, 11) is 0. The van der Waals surface area contributed by atoms with Crippen LogP contribution in [0.5, 0.6) is 5.75 Å². The second-order valence-corrected chi connectivity index (χ2v) is 5.46. The highest BCUT2D eigenvalue weighted by Crippen LogP contribution is 2.33. The van der Waals surface area contributed by atoms with Crippen molar-refractivity contribution in [1.82, 2.24) is 9.78 Å². The van der Waals surface area contributed by atoms with Crippen LogP contribution in [-0.2, 0) is 0 Å². The number of nitrogens with zero attached hydrogens (tertiary/aromatic N) is 2. The Bertz CT molecular complexity index is 963. The first-order valence-corrected chi connectivity index (χ1v) is 7.85. The van der Waals surface area contributed by atoms with Gasteiger partial charge in [0.2, 0.25) is 0 Å². The summed E-state index contributed by atoms with van der Waals surface area (Å²) in [5, 5.41) is 5.92. The van der Waals surface area contributed by atoms with E-state index >= 15 is 0 Å². The molecule has 3 nitrogen and oxygen atoms in total. The Kier molecular flexibility index (Phi) is 3.63. The minimum absolute atomic E-state index is 0.766. The number of aromatic nitrogens is 2. The summed E-state index contributed by atoms with van der Waals surface area (Å²) in [4.78, 5) is 0. The number of rotatable bonds is 3. The summed E-state index contributed by atoms with van der Waals surface area (Å²) in [6, 6.07) is 26.4. The van der Waals surface area contributed by atoms with Gasteiger partial charge < -0.3 is 3.79 Å². The van der Waals surface area contributed by atoms with E-state index in [1.807, 2.05) is 65.3 Å². The van der Waals surface area contributed by atoms with Crippen LogP contribution >= 0.6 is 0 Å². The van der Waals surface area contributed by atoms with Crippen LogP contribution in [0.1, 0.15) is 0 Å². The molecule has 3 aromatic carbocycles. The van der Waals surface area contributed by atoms with Crippen LogP contribution in [0.15, 0.2) is 78.9 Å². The van der Waals surface area contributed by atoms with Crippen molar-refractivity contribution in [2.24, 2.45) is 0 Å².